The largest absolute Gasteiger partial charge is 0.492 e. The maximum Gasteiger partial charge on any atom is 0.124 e. The summed E-state index contributed by atoms with van der Waals surface area (Å²) in [5.41, 5.74) is 6.21. The van der Waals surface area contributed by atoms with Crippen LogP contribution in [0.4, 0.5) is 0 Å². The number of hydrogen-bond acceptors (Lipinski definition) is 4. The molecule has 4 nitrogen and oxygen atoms in total. The average molecular weight is 300 g/mol. The van der Waals surface area contributed by atoms with E-state index >= 15 is 0 Å². The highest BCUT2D eigenvalue weighted by atomic mass is 79.9. The number of fused-ring (bicyclic) bond motifs is 1. The Hall–Kier alpha value is -0.620. The van der Waals surface area contributed by atoms with E-state index in [0.29, 0.717) is 19.8 Å². The first kappa shape index (κ1) is 11.5. The smallest absolute Gasteiger partial charge is 0.124 e. The van der Waals surface area contributed by atoms with Gasteiger partial charge in [-0.1, -0.05) is 15.9 Å². The average Bonchev–Trinajstić information content (AvgIpc) is 2.28. The van der Waals surface area contributed by atoms with Gasteiger partial charge in [-0.3, -0.25) is 0 Å². The second-order valence-corrected chi connectivity index (χ2v) is 5.75. The Morgan fingerprint density at radius 3 is 2.71 bits per heavy atom. The Kier molecular flexibility index (Phi) is 2.49. The SMILES string of the molecule is NC1(CO)c2cc(Br)ccc2OCC12COC2. The molecule has 2 aliphatic heterocycles. The quantitative estimate of drug-likeness (QED) is 0.812. The molecule has 1 aromatic rings. The van der Waals surface area contributed by atoms with Crippen LogP contribution in [0.1, 0.15) is 5.56 Å². The minimum absolute atomic E-state index is 0.108. The first-order valence-corrected chi connectivity index (χ1v) is 6.31. The van der Waals surface area contributed by atoms with E-state index in [1.807, 2.05) is 18.2 Å². The fourth-order valence-corrected chi connectivity index (χ4v) is 2.91. The molecule has 0 aromatic heterocycles. The molecule has 92 valence electrons. The van der Waals surface area contributed by atoms with Gasteiger partial charge < -0.3 is 20.3 Å². The zero-order valence-electron chi connectivity index (χ0n) is 9.28. The van der Waals surface area contributed by atoms with Crippen molar-refractivity contribution in [3.05, 3.63) is 28.2 Å². The van der Waals surface area contributed by atoms with Crippen molar-refractivity contribution in [2.45, 2.75) is 5.54 Å². The van der Waals surface area contributed by atoms with Crippen molar-refractivity contribution in [1.29, 1.82) is 0 Å². The van der Waals surface area contributed by atoms with Crippen LogP contribution in [0.5, 0.6) is 5.75 Å². The van der Waals surface area contributed by atoms with Crippen molar-refractivity contribution < 1.29 is 14.6 Å². The number of benzene rings is 1. The number of aliphatic hydroxyl groups is 1. The summed E-state index contributed by atoms with van der Waals surface area (Å²) in [5.74, 6) is 0.752. The maximum absolute atomic E-state index is 9.74. The molecule has 0 saturated carbocycles. The zero-order chi connectivity index (χ0) is 12.1. The van der Waals surface area contributed by atoms with Gasteiger partial charge in [0, 0.05) is 10.0 Å². The van der Waals surface area contributed by atoms with Crippen LogP contribution in [0.3, 0.4) is 0 Å². The van der Waals surface area contributed by atoms with Gasteiger partial charge in [0.2, 0.25) is 0 Å². The van der Waals surface area contributed by atoms with E-state index < -0.39 is 5.54 Å². The summed E-state index contributed by atoms with van der Waals surface area (Å²) in [6, 6.07) is 5.71. The monoisotopic (exact) mass is 299 g/mol. The minimum atomic E-state index is -0.789. The molecule has 1 unspecified atom stereocenters. The van der Waals surface area contributed by atoms with Crippen LogP contribution in [0.15, 0.2) is 22.7 Å². The Morgan fingerprint density at radius 2 is 2.12 bits per heavy atom. The fraction of sp³-hybridized carbons (Fsp3) is 0.500. The van der Waals surface area contributed by atoms with E-state index in [1.54, 1.807) is 0 Å². The number of ether oxygens (including phenoxy) is 2. The minimum Gasteiger partial charge on any atom is -0.492 e. The Bertz CT molecular complexity index is 461. The van der Waals surface area contributed by atoms with Crippen LogP contribution in [-0.2, 0) is 10.3 Å². The maximum atomic E-state index is 9.74. The normalized spacial score (nSPS) is 29.4. The van der Waals surface area contributed by atoms with Crippen LogP contribution in [0.25, 0.3) is 0 Å². The molecular formula is C12H14BrNO3. The number of halogens is 1. The predicted molar refractivity (Wildman–Crippen MR) is 65.8 cm³/mol. The number of rotatable bonds is 1. The van der Waals surface area contributed by atoms with E-state index in [9.17, 15) is 5.11 Å². The summed E-state index contributed by atoms with van der Waals surface area (Å²) in [6.07, 6.45) is 0. The fourth-order valence-electron chi connectivity index (χ4n) is 2.55. The Morgan fingerprint density at radius 1 is 1.35 bits per heavy atom. The van der Waals surface area contributed by atoms with Crippen LogP contribution in [0, 0.1) is 5.41 Å². The topological polar surface area (TPSA) is 64.7 Å². The van der Waals surface area contributed by atoms with Crippen molar-refractivity contribution in [3.8, 4) is 5.75 Å². The van der Waals surface area contributed by atoms with Crippen molar-refractivity contribution in [2.24, 2.45) is 11.1 Å². The van der Waals surface area contributed by atoms with Gasteiger partial charge in [-0.05, 0) is 18.2 Å². The molecule has 0 amide bonds. The molecule has 0 radical (unpaired) electrons. The standard InChI is InChI=1S/C12H14BrNO3/c13-8-1-2-10-9(3-8)12(14,4-15)11(7-17-10)5-16-6-11/h1-3,15H,4-7,14H2. The molecule has 1 fully saturated rings. The van der Waals surface area contributed by atoms with Gasteiger partial charge in [-0.2, -0.15) is 0 Å². The van der Waals surface area contributed by atoms with Crippen molar-refractivity contribution in [2.75, 3.05) is 26.4 Å². The lowest BCUT2D eigenvalue weighted by Crippen LogP contribution is -2.68. The number of hydrogen-bond donors (Lipinski definition) is 2. The van der Waals surface area contributed by atoms with E-state index in [2.05, 4.69) is 15.9 Å². The third-order valence-electron chi connectivity index (χ3n) is 3.88. The molecule has 17 heavy (non-hydrogen) atoms. The van der Waals surface area contributed by atoms with Crippen molar-refractivity contribution in [1.82, 2.24) is 0 Å². The summed E-state index contributed by atoms with van der Waals surface area (Å²) in [4.78, 5) is 0. The summed E-state index contributed by atoms with van der Waals surface area (Å²) in [6.45, 7) is 1.47. The third kappa shape index (κ3) is 1.40. The molecule has 3 rings (SSSR count). The highest BCUT2D eigenvalue weighted by molar-refractivity contribution is 9.10. The van der Waals surface area contributed by atoms with E-state index in [-0.39, 0.29) is 12.0 Å². The molecule has 5 heteroatoms. The molecule has 3 N–H and O–H groups in total. The predicted octanol–water partition coefficient (Wildman–Crippen LogP) is 1.00. The first-order valence-electron chi connectivity index (χ1n) is 5.52. The van der Waals surface area contributed by atoms with Crippen molar-refractivity contribution in [3.63, 3.8) is 0 Å². The highest BCUT2D eigenvalue weighted by Crippen LogP contribution is 2.50. The molecule has 1 aromatic carbocycles. The van der Waals surface area contributed by atoms with E-state index in [1.165, 1.54) is 0 Å². The molecule has 2 aliphatic rings. The number of aliphatic hydroxyl groups excluding tert-OH is 1. The lowest BCUT2D eigenvalue weighted by atomic mass is 9.64. The van der Waals surface area contributed by atoms with Crippen molar-refractivity contribution >= 4 is 15.9 Å². The highest BCUT2D eigenvalue weighted by Gasteiger charge is 2.58. The van der Waals surface area contributed by atoms with Gasteiger partial charge in [0.1, 0.15) is 12.4 Å². The lowest BCUT2D eigenvalue weighted by molar-refractivity contribution is -0.191. The molecule has 1 atom stereocenters. The Labute approximate surface area is 108 Å². The molecule has 0 bridgehead atoms. The molecule has 1 spiro atoms. The summed E-state index contributed by atoms with van der Waals surface area (Å²) >= 11 is 3.42. The van der Waals surface area contributed by atoms with Gasteiger partial charge in [0.25, 0.3) is 0 Å². The van der Waals surface area contributed by atoms with Gasteiger partial charge >= 0.3 is 0 Å². The second kappa shape index (κ2) is 3.68. The van der Waals surface area contributed by atoms with Crippen LogP contribution < -0.4 is 10.5 Å². The summed E-state index contributed by atoms with van der Waals surface area (Å²) in [5, 5.41) is 9.74. The van der Waals surface area contributed by atoms with Crippen LogP contribution in [-0.4, -0.2) is 31.5 Å². The van der Waals surface area contributed by atoms with E-state index in [4.69, 9.17) is 15.2 Å². The number of nitrogens with two attached hydrogens (primary N) is 1. The zero-order valence-corrected chi connectivity index (χ0v) is 10.9. The molecule has 2 heterocycles. The molecular weight excluding hydrogens is 286 g/mol. The van der Waals surface area contributed by atoms with Crippen LogP contribution >= 0.6 is 15.9 Å². The first-order chi connectivity index (χ1) is 8.11. The molecule has 1 saturated heterocycles. The third-order valence-corrected chi connectivity index (χ3v) is 4.37. The summed E-state index contributed by atoms with van der Waals surface area (Å²) < 4.78 is 11.9. The summed E-state index contributed by atoms with van der Waals surface area (Å²) in [7, 11) is 0. The Balaban J connectivity index is 2.15. The van der Waals surface area contributed by atoms with Gasteiger partial charge in [0.15, 0.2) is 0 Å². The van der Waals surface area contributed by atoms with Crippen LogP contribution in [0.2, 0.25) is 0 Å². The van der Waals surface area contributed by atoms with Gasteiger partial charge in [-0.25, -0.2) is 0 Å². The second-order valence-electron chi connectivity index (χ2n) is 4.83. The van der Waals surface area contributed by atoms with E-state index in [0.717, 1.165) is 15.8 Å². The van der Waals surface area contributed by atoms with Gasteiger partial charge in [0.05, 0.1) is 30.8 Å². The molecule has 0 aliphatic carbocycles. The van der Waals surface area contributed by atoms with Gasteiger partial charge in [-0.15, -0.1) is 0 Å². The lowest BCUT2D eigenvalue weighted by Gasteiger charge is -2.55.